The molecule has 6 heteroatoms. The Hall–Kier alpha value is -1.21. The van der Waals surface area contributed by atoms with Crippen LogP contribution >= 0.6 is 0 Å². The molecule has 0 saturated heterocycles. The minimum Gasteiger partial charge on any atom is -0.395 e. The van der Waals surface area contributed by atoms with E-state index in [4.69, 9.17) is 10.2 Å². The zero-order chi connectivity index (χ0) is 14.3. The van der Waals surface area contributed by atoms with Crippen molar-refractivity contribution >= 4 is 10.0 Å². The van der Waals surface area contributed by atoms with Crippen LogP contribution in [-0.2, 0) is 22.4 Å². The van der Waals surface area contributed by atoms with Crippen LogP contribution in [0.2, 0.25) is 0 Å². The zero-order valence-corrected chi connectivity index (χ0v) is 11.5. The van der Waals surface area contributed by atoms with Crippen LogP contribution < -0.4 is 0 Å². The summed E-state index contributed by atoms with van der Waals surface area (Å²) in [6.07, 6.45) is 1.48. The number of aliphatic hydroxyl groups excluding tert-OH is 2. The van der Waals surface area contributed by atoms with Gasteiger partial charge in [-0.3, -0.25) is 0 Å². The molecule has 0 bridgehead atoms. The van der Waals surface area contributed by atoms with Crippen molar-refractivity contribution in [1.82, 2.24) is 4.31 Å². The molecular formula is C13H19NO4S. The fraction of sp³-hybridized carbons (Fsp3) is 0.385. The van der Waals surface area contributed by atoms with Gasteiger partial charge in [0.25, 0.3) is 0 Å². The molecule has 0 unspecified atom stereocenters. The van der Waals surface area contributed by atoms with Crippen molar-refractivity contribution < 1.29 is 18.6 Å². The van der Waals surface area contributed by atoms with Crippen LogP contribution in [0, 0.1) is 0 Å². The average molecular weight is 285 g/mol. The molecule has 0 aliphatic carbocycles. The van der Waals surface area contributed by atoms with Crippen LogP contribution in [0.4, 0.5) is 0 Å². The first kappa shape index (κ1) is 15.8. The lowest BCUT2D eigenvalue weighted by atomic mass is 10.1. The monoisotopic (exact) mass is 285 g/mol. The summed E-state index contributed by atoms with van der Waals surface area (Å²) in [7, 11) is -3.50. The fourth-order valence-electron chi connectivity index (χ4n) is 1.72. The third kappa shape index (κ3) is 4.76. The van der Waals surface area contributed by atoms with E-state index in [0.717, 1.165) is 0 Å². The normalized spacial score (nSPS) is 11.7. The van der Waals surface area contributed by atoms with Gasteiger partial charge in [-0.2, -0.15) is 4.31 Å². The number of nitrogens with zero attached hydrogens (tertiary/aromatic N) is 1. The summed E-state index contributed by atoms with van der Waals surface area (Å²) in [5.74, 6) is -0.158. The quantitative estimate of drug-likeness (QED) is 0.681. The summed E-state index contributed by atoms with van der Waals surface area (Å²) in [4.78, 5) is 0. The molecule has 0 amide bonds. The second kappa shape index (κ2) is 7.40. The molecule has 0 aliphatic heterocycles. The fourth-order valence-corrected chi connectivity index (χ4v) is 3.19. The minimum absolute atomic E-state index is 0.0496. The second-order valence-corrected chi connectivity index (χ2v) is 6.07. The van der Waals surface area contributed by atoms with E-state index in [1.165, 1.54) is 10.4 Å². The number of sulfonamides is 1. The number of benzene rings is 1. The van der Waals surface area contributed by atoms with Crippen LogP contribution in [0.5, 0.6) is 0 Å². The maximum Gasteiger partial charge on any atom is 0.218 e. The van der Waals surface area contributed by atoms with Gasteiger partial charge in [-0.1, -0.05) is 30.3 Å². The molecule has 0 radical (unpaired) electrons. The molecule has 0 saturated carbocycles. The molecule has 0 spiro atoms. The number of rotatable bonds is 8. The largest absolute Gasteiger partial charge is 0.395 e. The Labute approximate surface area is 113 Å². The van der Waals surface area contributed by atoms with Crippen molar-refractivity contribution in [2.75, 3.05) is 19.7 Å². The number of aliphatic hydroxyl groups is 2. The molecule has 106 valence electrons. The van der Waals surface area contributed by atoms with Gasteiger partial charge < -0.3 is 10.2 Å². The Morgan fingerprint density at radius 3 is 2.53 bits per heavy atom. The molecule has 0 aromatic heterocycles. The van der Waals surface area contributed by atoms with E-state index >= 15 is 0 Å². The van der Waals surface area contributed by atoms with Crippen molar-refractivity contribution in [2.24, 2.45) is 0 Å². The average Bonchev–Trinajstić information content (AvgIpc) is 2.38. The highest BCUT2D eigenvalue weighted by Gasteiger charge is 2.20. The van der Waals surface area contributed by atoms with Crippen molar-refractivity contribution in [3.05, 3.63) is 48.0 Å². The van der Waals surface area contributed by atoms with Crippen molar-refractivity contribution in [1.29, 1.82) is 0 Å². The van der Waals surface area contributed by atoms with Crippen molar-refractivity contribution in [3.63, 3.8) is 0 Å². The summed E-state index contributed by atoms with van der Waals surface area (Å²) < 4.78 is 25.6. The molecule has 1 aromatic rings. The molecule has 1 rings (SSSR count). The maximum atomic E-state index is 12.2. The highest BCUT2D eigenvalue weighted by Crippen LogP contribution is 2.12. The Morgan fingerprint density at radius 2 is 1.95 bits per heavy atom. The Kier molecular flexibility index (Phi) is 6.17. The van der Waals surface area contributed by atoms with Gasteiger partial charge in [0, 0.05) is 13.1 Å². The van der Waals surface area contributed by atoms with Crippen LogP contribution in [0.25, 0.3) is 0 Å². The van der Waals surface area contributed by atoms with E-state index in [-0.39, 0.29) is 32.1 Å². The van der Waals surface area contributed by atoms with Crippen molar-refractivity contribution in [2.45, 2.75) is 12.4 Å². The van der Waals surface area contributed by atoms with Gasteiger partial charge in [-0.15, -0.1) is 6.58 Å². The van der Waals surface area contributed by atoms with Gasteiger partial charge in [0.2, 0.25) is 10.0 Å². The molecule has 0 aliphatic rings. The smallest absolute Gasteiger partial charge is 0.218 e. The zero-order valence-electron chi connectivity index (χ0n) is 10.7. The van der Waals surface area contributed by atoms with Gasteiger partial charge in [0.05, 0.1) is 19.0 Å². The number of hydrogen-bond acceptors (Lipinski definition) is 4. The minimum atomic E-state index is -3.50. The molecule has 19 heavy (non-hydrogen) atoms. The maximum absolute atomic E-state index is 12.2. The van der Waals surface area contributed by atoms with Gasteiger partial charge in [-0.05, 0) is 11.1 Å². The Bertz CT molecular complexity index is 513. The summed E-state index contributed by atoms with van der Waals surface area (Å²) in [6, 6.07) is 6.79. The topological polar surface area (TPSA) is 77.8 Å². The lowest BCUT2D eigenvalue weighted by molar-refractivity contribution is 0.260. The van der Waals surface area contributed by atoms with Gasteiger partial charge in [0.15, 0.2) is 0 Å². The molecule has 1 aromatic carbocycles. The Balaban J connectivity index is 2.89. The predicted molar refractivity (Wildman–Crippen MR) is 73.8 cm³/mol. The summed E-state index contributed by atoms with van der Waals surface area (Å²) in [6.45, 7) is 3.37. The molecule has 5 nitrogen and oxygen atoms in total. The Morgan fingerprint density at radius 1 is 1.26 bits per heavy atom. The second-order valence-electron chi connectivity index (χ2n) is 4.10. The van der Waals surface area contributed by atoms with E-state index in [1.807, 2.05) is 0 Å². The SMILES string of the molecule is C=CCN(CCO)S(=O)(=O)Cc1cccc(CO)c1. The third-order valence-corrected chi connectivity index (χ3v) is 4.42. The standard InChI is InChI=1S/C13H19NO4S/c1-2-6-14(7-8-15)19(17,18)11-13-5-3-4-12(9-13)10-16/h2-5,9,15-16H,1,6-8,10-11H2. The van der Waals surface area contributed by atoms with Gasteiger partial charge in [0.1, 0.15) is 0 Å². The summed E-state index contributed by atoms with van der Waals surface area (Å²) in [5, 5.41) is 17.9. The first-order chi connectivity index (χ1) is 9.03. The van der Waals surface area contributed by atoms with Crippen molar-refractivity contribution in [3.8, 4) is 0 Å². The number of hydrogen-bond donors (Lipinski definition) is 2. The van der Waals surface area contributed by atoms with E-state index in [0.29, 0.717) is 11.1 Å². The van der Waals surface area contributed by atoms with Crippen LogP contribution in [0.1, 0.15) is 11.1 Å². The van der Waals surface area contributed by atoms with Crippen LogP contribution in [-0.4, -0.2) is 42.6 Å². The lowest BCUT2D eigenvalue weighted by Crippen LogP contribution is -2.34. The van der Waals surface area contributed by atoms with E-state index in [2.05, 4.69) is 6.58 Å². The van der Waals surface area contributed by atoms with E-state index in [1.54, 1.807) is 24.3 Å². The predicted octanol–water partition coefficient (Wildman–Crippen LogP) is 0.489. The summed E-state index contributed by atoms with van der Waals surface area (Å²) >= 11 is 0. The molecule has 2 N–H and O–H groups in total. The first-order valence-electron chi connectivity index (χ1n) is 5.91. The lowest BCUT2D eigenvalue weighted by Gasteiger charge is -2.19. The van der Waals surface area contributed by atoms with E-state index in [9.17, 15) is 8.42 Å². The molecular weight excluding hydrogens is 266 g/mol. The van der Waals surface area contributed by atoms with E-state index < -0.39 is 10.0 Å². The highest BCUT2D eigenvalue weighted by atomic mass is 32.2. The van der Waals surface area contributed by atoms with Gasteiger partial charge >= 0.3 is 0 Å². The molecule has 0 heterocycles. The molecule has 0 fully saturated rings. The van der Waals surface area contributed by atoms with Crippen LogP contribution in [0.15, 0.2) is 36.9 Å². The van der Waals surface area contributed by atoms with Gasteiger partial charge in [-0.25, -0.2) is 8.42 Å². The van der Waals surface area contributed by atoms with Crippen LogP contribution in [0.3, 0.4) is 0 Å². The first-order valence-corrected chi connectivity index (χ1v) is 7.52. The molecule has 0 atom stereocenters. The summed E-state index contributed by atoms with van der Waals surface area (Å²) in [5.41, 5.74) is 1.28. The third-order valence-electron chi connectivity index (χ3n) is 2.60. The highest BCUT2D eigenvalue weighted by molar-refractivity contribution is 7.88.